The Morgan fingerprint density at radius 2 is 1.81 bits per heavy atom. The highest BCUT2D eigenvalue weighted by Crippen LogP contribution is 2.34. The highest BCUT2D eigenvalue weighted by Gasteiger charge is 2.47. The predicted molar refractivity (Wildman–Crippen MR) is 178 cm³/mol. The van der Waals surface area contributed by atoms with Crippen molar-refractivity contribution in [3.8, 4) is 11.4 Å². The van der Waals surface area contributed by atoms with E-state index in [1.807, 2.05) is 41.8 Å². The Hall–Kier alpha value is -5.11. The number of amides is 3. The molecule has 0 radical (unpaired) electrons. The normalized spacial score (nSPS) is 20.0. The minimum absolute atomic E-state index is 0.0319. The van der Waals surface area contributed by atoms with Crippen LogP contribution in [0.3, 0.4) is 0 Å². The molecule has 14 heteroatoms. The van der Waals surface area contributed by atoms with Gasteiger partial charge in [0.15, 0.2) is 11.9 Å². The number of methoxy groups -OCH3 is 1. The molecule has 248 valence electrons. The fourth-order valence-electron chi connectivity index (χ4n) is 5.84. The number of aryl methyl sites for hydroxylation is 1. The summed E-state index contributed by atoms with van der Waals surface area (Å²) in [5, 5.41) is 35.2. The standard InChI is InChI=1S/C34H34ClN7O6/c1-19-39-40-31-26(38-29(20-7-9-22(35)10-8-20)25-16-24(48-3)11-12-27(25)42(19)31)17-28(43)36-13-14-37-32(45)21-5-4-6-23(15-21)41-18-34(2,47)30(44)33(41)46/h4-12,15-16,26,30,44,47H,13-14,17-18H2,1-3H3,(H,36,43)(H,37,45). The van der Waals surface area contributed by atoms with Gasteiger partial charge in [-0.1, -0.05) is 29.8 Å². The number of carbonyl (C=O) groups is 3. The zero-order valence-corrected chi connectivity index (χ0v) is 27.2. The predicted octanol–water partition coefficient (Wildman–Crippen LogP) is 2.52. The molecule has 3 unspecified atom stereocenters. The number of nitrogens with one attached hydrogen (secondary N) is 2. The molecule has 2 aliphatic rings. The number of hydrogen-bond donors (Lipinski definition) is 4. The van der Waals surface area contributed by atoms with Crippen molar-refractivity contribution in [1.82, 2.24) is 25.4 Å². The lowest BCUT2D eigenvalue weighted by Gasteiger charge is -2.19. The van der Waals surface area contributed by atoms with E-state index in [1.54, 1.807) is 37.4 Å². The van der Waals surface area contributed by atoms with E-state index in [2.05, 4.69) is 20.8 Å². The molecule has 2 aliphatic heterocycles. The van der Waals surface area contributed by atoms with Crippen LogP contribution in [0.2, 0.25) is 5.02 Å². The van der Waals surface area contributed by atoms with Gasteiger partial charge in [-0.3, -0.25) is 23.9 Å². The number of aromatic nitrogens is 3. The number of halogens is 1. The summed E-state index contributed by atoms with van der Waals surface area (Å²) in [7, 11) is 1.59. The lowest BCUT2D eigenvalue weighted by atomic mass is 10.00. The van der Waals surface area contributed by atoms with Crippen LogP contribution < -0.4 is 20.3 Å². The van der Waals surface area contributed by atoms with Crippen molar-refractivity contribution in [3.05, 3.63) is 100 Å². The molecule has 1 fully saturated rings. The Balaban J connectivity index is 1.14. The van der Waals surface area contributed by atoms with Crippen molar-refractivity contribution in [3.63, 3.8) is 0 Å². The molecule has 1 aromatic heterocycles. The second-order valence-electron chi connectivity index (χ2n) is 11.9. The first-order valence-electron chi connectivity index (χ1n) is 15.3. The average Bonchev–Trinajstić information content (AvgIpc) is 3.51. The fourth-order valence-corrected chi connectivity index (χ4v) is 5.96. The van der Waals surface area contributed by atoms with E-state index in [4.69, 9.17) is 21.3 Å². The number of hydrogen-bond acceptors (Lipinski definition) is 9. The molecular weight excluding hydrogens is 638 g/mol. The molecule has 3 aromatic carbocycles. The largest absolute Gasteiger partial charge is 0.497 e. The first kappa shape index (κ1) is 32.8. The SMILES string of the molecule is COc1ccc2c(c1)C(c1ccc(Cl)cc1)=NC(CC(=O)NCCNC(=O)c1cccc(N3CC(C)(O)C(O)C3=O)c1)c1nnc(C)n1-2. The third kappa shape index (κ3) is 6.39. The topological polar surface area (TPSA) is 171 Å². The number of benzene rings is 3. The fraction of sp³-hybridized carbons (Fsp3) is 0.294. The smallest absolute Gasteiger partial charge is 0.258 e. The van der Waals surface area contributed by atoms with Gasteiger partial charge in [-0.2, -0.15) is 0 Å². The van der Waals surface area contributed by atoms with Crippen LogP contribution >= 0.6 is 11.6 Å². The number of anilines is 1. The number of carbonyl (C=O) groups excluding carboxylic acids is 3. The molecule has 13 nitrogen and oxygen atoms in total. The number of rotatable bonds is 9. The Labute approximate surface area is 281 Å². The molecule has 0 aliphatic carbocycles. The zero-order chi connectivity index (χ0) is 34.2. The third-order valence-electron chi connectivity index (χ3n) is 8.35. The number of aliphatic hydroxyl groups excluding tert-OH is 1. The van der Waals surface area contributed by atoms with E-state index in [9.17, 15) is 24.6 Å². The van der Waals surface area contributed by atoms with Crippen LogP contribution in [0.4, 0.5) is 5.69 Å². The van der Waals surface area contributed by atoms with Gasteiger partial charge in [0.2, 0.25) is 5.91 Å². The molecule has 3 amide bonds. The summed E-state index contributed by atoms with van der Waals surface area (Å²) < 4.78 is 7.41. The van der Waals surface area contributed by atoms with E-state index in [-0.39, 0.29) is 37.5 Å². The third-order valence-corrected chi connectivity index (χ3v) is 8.60. The van der Waals surface area contributed by atoms with Gasteiger partial charge in [0.1, 0.15) is 23.2 Å². The molecule has 1 saturated heterocycles. The summed E-state index contributed by atoms with van der Waals surface area (Å²) in [5.74, 6) is 0.431. The van der Waals surface area contributed by atoms with Crippen molar-refractivity contribution in [2.45, 2.75) is 38.0 Å². The number of aliphatic hydroxyl groups is 2. The molecule has 6 rings (SSSR count). The second-order valence-corrected chi connectivity index (χ2v) is 12.3. The van der Waals surface area contributed by atoms with Crippen LogP contribution in [-0.4, -0.2) is 86.9 Å². The Morgan fingerprint density at radius 3 is 2.52 bits per heavy atom. The number of fused-ring (bicyclic) bond motifs is 3. The van der Waals surface area contributed by atoms with Crippen LogP contribution in [0.25, 0.3) is 5.69 Å². The summed E-state index contributed by atoms with van der Waals surface area (Å²) in [4.78, 5) is 44.9. The van der Waals surface area contributed by atoms with Crippen LogP contribution in [0.5, 0.6) is 5.75 Å². The van der Waals surface area contributed by atoms with Gasteiger partial charge in [0, 0.05) is 40.5 Å². The van der Waals surface area contributed by atoms with Crippen molar-refractivity contribution in [2.24, 2.45) is 4.99 Å². The number of ether oxygens (including phenoxy) is 1. The van der Waals surface area contributed by atoms with Gasteiger partial charge in [-0.15, -0.1) is 10.2 Å². The van der Waals surface area contributed by atoms with E-state index in [0.717, 1.165) is 16.8 Å². The van der Waals surface area contributed by atoms with Gasteiger partial charge < -0.3 is 30.5 Å². The summed E-state index contributed by atoms with van der Waals surface area (Å²) in [5.41, 5.74) is 2.09. The first-order chi connectivity index (χ1) is 23.0. The summed E-state index contributed by atoms with van der Waals surface area (Å²) >= 11 is 6.18. The molecule has 0 saturated carbocycles. The van der Waals surface area contributed by atoms with E-state index in [0.29, 0.717) is 33.8 Å². The van der Waals surface area contributed by atoms with Crippen LogP contribution in [-0.2, 0) is 9.59 Å². The maximum atomic E-state index is 13.3. The Bertz CT molecular complexity index is 1920. The zero-order valence-electron chi connectivity index (χ0n) is 26.5. The molecule has 48 heavy (non-hydrogen) atoms. The van der Waals surface area contributed by atoms with Crippen molar-refractivity contribution in [1.29, 1.82) is 0 Å². The van der Waals surface area contributed by atoms with Gasteiger partial charge in [0.05, 0.1) is 31.5 Å². The van der Waals surface area contributed by atoms with Gasteiger partial charge >= 0.3 is 0 Å². The second kappa shape index (κ2) is 13.2. The van der Waals surface area contributed by atoms with E-state index in [1.165, 1.54) is 17.9 Å². The lowest BCUT2D eigenvalue weighted by molar-refractivity contribution is -0.130. The maximum absolute atomic E-state index is 13.3. The number of β-amino-alcohol motifs (C(OH)–C–C–N with tert-alkyl or cyclic N) is 1. The maximum Gasteiger partial charge on any atom is 0.258 e. The quantitative estimate of drug-likeness (QED) is 0.197. The molecular formula is C34H34ClN7O6. The molecule has 0 spiro atoms. The summed E-state index contributed by atoms with van der Waals surface area (Å²) in [6.07, 6.45) is -1.58. The van der Waals surface area contributed by atoms with Crippen molar-refractivity contribution in [2.75, 3.05) is 31.6 Å². The van der Waals surface area contributed by atoms with Crippen LogP contribution in [0, 0.1) is 6.92 Å². The number of aliphatic imine (C=N–C) groups is 1. The van der Waals surface area contributed by atoms with Gasteiger partial charge in [0.25, 0.3) is 11.8 Å². The van der Waals surface area contributed by atoms with Crippen LogP contribution in [0.1, 0.15) is 52.5 Å². The van der Waals surface area contributed by atoms with Crippen molar-refractivity contribution < 1.29 is 29.3 Å². The highest BCUT2D eigenvalue weighted by atomic mass is 35.5. The van der Waals surface area contributed by atoms with Gasteiger partial charge in [-0.05, 0) is 62.4 Å². The van der Waals surface area contributed by atoms with Crippen molar-refractivity contribution >= 4 is 40.7 Å². The van der Waals surface area contributed by atoms with E-state index >= 15 is 0 Å². The first-order valence-corrected chi connectivity index (χ1v) is 15.7. The summed E-state index contributed by atoms with van der Waals surface area (Å²) in [6, 6.07) is 18.6. The molecule has 3 heterocycles. The Kier molecular flexibility index (Phi) is 9.01. The minimum Gasteiger partial charge on any atom is -0.497 e. The molecule has 3 atom stereocenters. The minimum atomic E-state index is -1.60. The van der Waals surface area contributed by atoms with Gasteiger partial charge in [-0.25, -0.2) is 0 Å². The summed E-state index contributed by atoms with van der Waals surface area (Å²) in [6.45, 7) is 3.39. The molecule has 4 N–H and O–H groups in total. The monoisotopic (exact) mass is 671 g/mol. The van der Waals surface area contributed by atoms with Crippen LogP contribution in [0.15, 0.2) is 71.7 Å². The number of nitrogens with zero attached hydrogens (tertiary/aromatic N) is 5. The Morgan fingerprint density at radius 1 is 1.06 bits per heavy atom. The highest BCUT2D eigenvalue weighted by molar-refractivity contribution is 6.30. The molecule has 4 aromatic rings. The lowest BCUT2D eigenvalue weighted by Crippen LogP contribution is -2.39. The van der Waals surface area contributed by atoms with E-state index < -0.39 is 29.6 Å². The molecule has 0 bridgehead atoms. The average molecular weight is 672 g/mol.